The maximum Gasteiger partial charge on any atom is 0.226 e. The van der Waals surface area contributed by atoms with Crippen molar-refractivity contribution >= 4 is 22.3 Å². The molecule has 30 heavy (non-hydrogen) atoms. The van der Waals surface area contributed by atoms with Crippen LogP contribution < -0.4 is 0 Å². The largest absolute Gasteiger partial charge is 0.443 e. The van der Waals surface area contributed by atoms with Crippen LogP contribution in [0.5, 0.6) is 0 Å². The number of rotatable bonds is 6. The Balaban J connectivity index is 1.70. The molecule has 0 aliphatic heterocycles. The monoisotopic (exact) mass is 404 g/mol. The molecule has 0 spiro atoms. The summed E-state index contributed by atoms with van der Waals surface area (Å²) < 4.78 is 6.23. The minimum absolute atomic E-state index is 0.225. The first-order valence-corrected chi connectivity index (χ1v) is 11.0. The Hall–Kier alpha value is -2.69. The lowest BCUT2D eigenvalue weighted by atomic mass is 9.95. The van der Waals surface area contributed by atoms with Crippen LogP contribution >= 0.6 is 0 Å². The maximum atomic E-state index is 6.23. The van der Waals surface area contributed by atoms with E-state index in [9.17, 15) is 0 Å². The predicted octanol–water partition coefficient (Wildman–Crippen LogP) is 6.82. The standard InChI is InChI=1S/C25H32N4O/c1-13(2)18-10-21(15(5)6)29-25-20(18)9-17(30-25)8-16(7)22-11-19(14(3)4)23-24(28-22)27-12-26-23/h9-16H,8H2,1-7H3,(H,26,27,28). The summed E-state index contributed by atoms with van der Waals surface area (Å²) in [4.78, 5) is 17.3. The Morgan fingerprint density at radius 2 is 1.53 bits per heavy atom. The number of H-pyrrole nitrogens is 1. The average molecular weight is 405 g/mol. The molecule has 0 saturated heterocycles. The normalized spacial score (nSPS) is 13.4. The van der Waals surface area contributed by atoms with Crippen molar-refractivity contribution in [1.82, 2.24) is 19.9 Å². The molecule has 0 radical (unpaired) electrons. The second-order valence-corrected chi connectivity index (χ2v) is 9.37. The van der Waals surface area contributed by atoms with E-state index in [4.69, 9.17) is 14.4 Å². The molecule has 1 N–H and O–H groups in total. The lowest BCUT2D eigenvalue weighted by Crippen LogP contribution is -2.03. The number of aromatic nitrogens is 4. The van der Waals surface area contributed by atoms with Gasteiger partial charge in [0.05, 0.1) is 6.33 Å². The van der Waals surface area contributed by atoms with Gasteiger partial charge < -0.3 is 9.40 Å². The summed E-state index contributed by atoms with van der Waals surface area (Å²) in [5.41, 5.74) is 7.29. The van der Waals surface area contributed by atoms with Gasteiger partial charge in [-0.2, -0.15) is 0 Å². The van der Waals surface area contributed by atoms with E-state index < -0.39 is 0 Å². The van der Waals surface area contributed by atoms with Crippen molar-refractivity contribution in [3.05, 3.63) is 52.8 Å². The number of fused-ring (bicyclic) bond motifs is 2. The van der Waals surface area contributed by atoms with Gasteiger partial charge in [-0.1, -0.05) is 48.5 Å². The smallest absolute Gasteiger partial charge is 0.226 e. The molecule has 5 nitrogen and oxygen atoms in total. The highest BCUT2D eigenvalue weighted by Crippen LogP contribution is 2.33. The number of pyridine rings is 2. The highest BCUT2D eigenvalue weighted by molar-refractivity contribution is 5.79. The average Bonchev–Trinajstić information content (AvgIpc) is 3.31. The molecule has 0 fully saturated rings. The van der Waals surface area contributed by atoms with Crippen molar-refractivity contribution in [3.63, 3.8) is 0 Å². The van der Waals surface area contributed by atoms with Crippen LogP contribution in [0.2, 0.25) is 0 Å². The molecule has 5 heteroatoms. The molecular formula is C25H32N4O. The van der Waals surface area contributed by atoms with Gasteiger partial charge in [0.1, 0.15) is 11.3 Å². The molecule has 1 unspecified atom stereocenters. The van der Waals surface area contributed by atoms with E-state index in [0.717, 1.165) is 45.8 Å². The zero-order valence-corrected chi connectivity index (χ0v) is 19.1. The number of furan rings is 1. The van der Waals surface area contributed by atoms with Crippen molar-refractivity contribution in [2.45, 2.75) is 78.6 Å². The minimum atomic E-state index is 0.225. The Morgan fingerprint density at radius 1 is 0.833 bits per heavy atom. The van der Waals surface area contributed by atoms with Gasteiger partial charge in [-0.05, 0) is 47.1 Å². The Labute approximate surface area is 178 Å². The Morgan fingerprint density at radius 3 is 2.20 bits per heavy atom. The third kappa shape index (κ3) is 3.73. The second-order valence-electron chi connectivity index (χ2n) is 9.37. The van der Waals surface area contributed by atoms with Gasteiger partial charge in [0.2, 0.25) is 5.71 Å². The van der Waals surface area contributed by atoms with Crippen molar-refractivity contribution in [1.29, 1.82) is 0 Å². The fourth-order valence-electron chi connectivity index (χ4n) is 4.05. The molecule has 0 aromatic carbocycles. The number of hydrogen-bond acceptors (Lipinski definition) is 4. The molecule has 4 heterocycles. The quantitative estimate of drug-likeness (QED) is 0.383. The zero-order chi connectivity index (χ0) is 21.6. The van der Waals surface area contributed by atoms with Gasteiger partial charge in [0, 0.05) is 29.1 Å². The molecular weight excluding hydrogens is 372 g/mol. The van der Waals surface area contributed by atoms with Crippen molar-refractivity contribution in [2.24, 2.45) is 0 Å². The van der Waals surface area contributed by atoms with E-state index >= 15 is 0 Å². The highest BCUT2D eigenvalue weighted by Gasteiger charge is 2.19. The second kappa shape index (κ2) is 7.86. The SMILES string of the molecule is CC(C)c1cc(C(C)C)c2cc(CC(C)c3cc(C(C)C)c4nc[nH]c4n3)oc2n1. The fraction of sp³-hybridized carbons (Fsp3) is 0.480. The fourth-order valence-corrected chi connectivity index (χ4v) is 4.05. The molecule has 158 valence electrons. The van der Waals surface area contributed by atoms with Crippen molar-refractivity contribution < 1.29 is 4.42 Å². The summed E-state index contributed by atoms with van der Waals surface area (Å²) in [7, 11) is 0. The van der Waals surface area contributed by atoms with Gasteiger partial charge >= 0.3 is 0 Å². The predicted molar refractivity (Wildman–Crippen MR) is 122 cm³/mol. The summed E-state index contributed by atoms with van der Waals surface area (Å²) >= 11 is 0. The summed E-state index contributed by atoms with van der Waals surface area (Å²) in [6, 6.07) is 6.62. The van der Waals surface area contributed by atoms with Gasteiger partial charge in [-0.3, -0.25) is 0 Å². The topological polar surface area (TPSA) is 67.6 Å². The zero-order valence-electron chi connectivity index (χ0n) is 19.1. The first-order chi connectivity index (χ1) is 14.2. The Kier molecular flexibility index (Phi) is 5.39. The summed E-state index contributed by atoms with van der Waals surface area (Å²) in [5.74, 6) is 2.38. The van der Waals surface area contributed by atoms with Crippen LogP contribution in [0.15, 0.2) is 28.9 Å². The molecule has 4 aromatic rings. The van der Waals surface area contributed by atoms with Crippen molar-refractivity contribution in [3.8, 4) is 0 Å². The van der Waals surface area contributed by atoms with Crippen LogP contribution in [0.3, 0.4) is 0 Å². The minimum Gasteiger partial charge on any atom is -0.443 e. The number of hydrogen-bond donors (Lipinski definition) is 1. The lowest BCUT2D eigenvalue weighted by molar-refractivity contribution is 0.514. The number of nitrogens with zero attached hydrogens (tertiary/aromatic N) is 3. The molecule has 4 rings (SSSR count). The van der Waals surface area contributed by atoms with Gasteiger partial charge in [-0.25, -0.2) is 15.0 Å². The third-order valence-corrected chi connectivity index (χ3v) is 5.89. The number of aromatic amines is 1. The first-order valence-electron chi connectivity index (χ1n) is 11.0. The van der Waals surface area contributed by atoms with Gasteiger partial charge in [-0.15, -0.1) is 0 Å². The van der Waals surface area contributed by atoms with Crippen LogP contribution in [0.1, 0.15) is 100 Å². The molecule has 0 aliphatic carbocycles. The van der Waals surface area contributed by atoms with Crippen LogP contribution in [-0.2, 0) is 6.42 Å². The van der Waals surface area contributed by atoms with E-state index in [1.165, 1.54) is 11.1 Å². The molecule has 0 bridgehead atoms. The first kappa shape index (κ1) is 20.6. The lowest BCUT2D eigenvalue weighted by Gasteiger charge is -2.13. The van der Waals surface area contributed by atoms with E-state index in [-0.39, 0.29) is 5.92 Å². The molecule has 0 aliphatic rings. The van der Waals surface area contributed by atoms with Crippen LogP contribution in [0, 0.1) is 0 Å². The summed E-state index contributed by atoms with van der Waals surface area (Å²) in [6.07, 6.45) is 2.51. The molecule has 0 amide bonds. The van der Waals surface area contributed by atoms with E-state index in [2.05, 4.69) is 76.6 Å². The van der Waals surface area contributed by atoms with Crippen LogP contribution in [0.4, 0.5) is 0 Å². The van der Waals surface area contributed by atoms with Crippen molar-refractivity contribution in [2.75, 3.05) is 0 Å². The van der Waals surface area contributed by atoms with E-state index in [0.29, 0.717) is 17.8 Å². The van der Waals surface area contributed by atoms with E-state index in [1.807, 2.05) is 0 Å². The molecule has 1 atom stereocenters. The summed E-state index contributed by atoms with van der Waals surface area (Å²) in [5, 5.41) is 1.14. The molecule has 4 aromatic heterocycles. The summed E-state index contributed by atoms with van der Waals surface area (Å²) in [6.45, 7) is 15.4. The number of nitrogens with one attached hydrogen (secondary N) is 1. The Bertz CT molecular complexity index is 1180. The molecule has 0 saturated carbocycles. The van der Waals surface area contributed by atoms with Gasteiger partial charge in [0.15, 0.2) is 5.65 Å². The van der Waals surface area contributed by atoms with E-state index in [1.54, 1.807) is 6.33 Å². The van der Waals surface area contributed by atoms with Crippen LogP contribution in [-0.4, -0.2) is 19.9 Å². The van der Waals surface area contributed by atoms with Crippen LogP contribution in [0.25, 0.3) is 22.3 Å². The third-order valence-electron chi connectivity index (χ3n) is 5.89. The maximum absolute atomic E-state index is 6.23. The highest BCUT2D eigenvalue weighted by atomic mass is 16.3. The number of imidazole rings is 1. The van der Waals surface area contributed by atoms with Gasteiger partial charge in [0.25, 0.3) is 0 Å².